The molecular weight excluding hydrogens is 376 g/mol. The fourth-order valence-corrected chi connectivity index (χ4v) is 3.20. The number of rotatable bonds is 7. The average molecular weight is 400 g/mol. The van der Waals surface area contributed by atoms with Gasteiger partial charge in [0.2, 0.25) is 0 Å². The molecule has 30 heavy (non-hydrogen) atoms. The van der Waals surface area contributed by atoms with Crippen LogP contribution in [0.3, 0.4) is 0 Å². The number of hydrogen-bond acceptors (Lipinski definition) is 6. The van der Waals surface area contributed by atoms with E-state index < -0.39 is 0 Å². The molecular formula is C23H24N6O. The monoisotopic (exact) mass is 400 g/mol. The van der Waals surface area contributed by atoms with Crippen LogP contribution < -0.4 is 10.1 Å². The minimum Gasteiger partial charge on any atom is -0.489 e. The number of ether oxygens (including phenoxy) is 1. The second-order valence-electron chi connectivity index (χ2n) is 7.19. The van der Waals surface area contributed by atoms with E-state index in [1.54, 1.807) is 23.3 Å². The van der Waals surface area contributed by atoms with E-state index in [9.17, 15) is 0 Å². The summed E-state index contributed by atoms with van der Waals surface area (Å²) in [6.07, 6.45) is 6.99. The highest BCUT2D eigenvalue weighted by atomic mass is 16.5. The summed E-state index contributed by atoms with van der Waals surface area (Å²) >= 11 is 0. The van der Waals surface area contributed by atoms with Crippen LogP contribution in [0.25, 0.3) is 5.82 Å². The van der Waals surface area contributed by atoms with Gasteiger partial charge in [-0.2, -0.15) is 5.10 Å². The Hall–Kier alpha value is -3.74. The molecule has 0 spiro atoms. The van der Waals surface area contributed by atoms with Gasteiger partial charge in [-0.1, -0.05) is 18.2 Å². The fourth-order valence-electron chi connectivity index (χ4n) is 3.20. The van der Waals surface area contributed by atoms with Crippen molar-refractivity contribution in [1.82, 2.24) is 24.7 Å². The van der Waals surface area contributed by atoms with E-state index in [2.05, 4.69) is 44.4 Å². The smallest absolute Gasteiger partial charge is 0.174 e. The lowest BCUT2D eigenvalue weighted by Crippen LogP contribution is -2.10. The lowest BCUT2D eigenvalue weighted by Gasteiger charge is -2.16. The summed E-state index contributed by atoms with van der Waals surface area (Å²) in [6.45, 7) is 6.55. The Morgan fingerprint density at radius 1 is 1.03 bits per heavy atom. The molecule has 7 heteroatoms. The molecule has 7 nitrogen and oxygen atoms in total. The topological polar surface area (TPSA) is 77.8 Å². The molecule has 1 N–H and O–H groups in total. The van der Waals surface area contributed by atoms with Crippen LogP contribution in [0.15, 0.2) is 67.3 Å². The van der Waals surface area contributed by atoms with E-state index in [1.165, 1.54) is 0 Å². The lowest BCUT2D eigenvalue weighted by molar-refractivity contribution is 0.305. The van der Waals surface area contributed by atoms with E-state index >= 15 is 0 Å². The summed E-state index contributed by atoms with van der Waals surface area (Å²) in [6, 6.07) is 14.0. The second-order valence-corrected chi connectivity index (χ2v) is 7.19. The molecule has 0 aliphatic rings. The number of hydrogen-bond donors (Lipinski definition) is 1. The zero-order valence-electron chi connectivity index (χ0n) is 17.3. The Bertz CT molecular complexity index is 1110. The molecule has 0 radical (unpaired) electrons. The van der Waals surface area contributed by atoms with Gasteiger partial charge in [0, 0.05) is 29.7 Å². The number of aryl methyl sites for hydroxylation is 2. The van der Waals surface area contributed by atoms with E-state index in [0.717, 1.165) is 28.3 Å². The van der Waals surface area contributed by atoms with E-state index in [4.69, 9.17) is 4.74 Å². The summed E-state index contributed by atoms with van der Waals surface area (Å²) in [4.78, 5) is 13.1. The Labute approximate surface area is 175 Å². The second kappa shape index (κ2) is 8.73. The zero-order chi connectivity index (χ0) is 20.9. The van der Waals surface area contributed by atoms with Crippen molar-refractivity contribution in [2.24, 2.45) is 0 Å². The molecule has 1 unspecified atom stereocenters. The van der Waals surface area contributed by atoms with Crippen LogP contribution in [0.1, 0.15) is 35.5 Å². The van der Waals surface area contributed by atoms with E-state index in [1.807, 2.05) is 50.4 Å². The molecule has 3 heterocycles. The quantitative estimate of drug-likeness (QED) is 0.495. The highest BCUT2D eigenvalue weighted by Crippen LogP contribution is 2.22. The van der Waals surface area contributed by atoms with Crippen LogP contribution in [0.2, 0.25) is 0 Å². The van der Waals surface area contributed by atoms with Gasteiger partial charge in [-0.05, 0) is 50.6 Å². The first-order chi connectivity index (χ1) is 14.6. The van der Waals surface area contributed by atoms with Crippen molar-refractivity contribution in [1.29, 1.82) is 0 Å². The molecule has 0 aliphatic carbocycles. The van der Waals surface area contributed by atoms with Crippen molar-refractivity contribution >= 4 is 5.82 Å². The van der Waals surface area contributed by atoms with Crippen molar-refractivity contribution in [3.05, 3.63) is 89.8 Å². The molecule has 0 aliphatic heterocycles. The molecule has 1 atom stereocenters. The van der Waals surface area contributed by atoms with Crippen LogP contribution in [-0.4, -0.2) is 24.7 Å². The van der Waals surface area contributed by atoms with Gasteiger partial charge in [0.15, 0.2) is 5.82 Å². The van der Waals surface area contributed by atoms with Gasteiger partial charge in [-0.3, -0.25) is 9.97 Å². The summed E-state index contributed by atoms with van der Waals surface area (Å²) < 4.78 is 7.63. The third kappa shape index (κ3) is 4.63. The van der Waals surface area contributed by atoms with Crippen molar-refractivity contribution in [2.45, 2.75) is 33.4 Å². The van der Waals surface area contributed by atoms with Crippen molar-refractivity contribution in [2.75, 3.05) is 5.32 Å². The van der Waals surface area contributed by atoms with Crippen LogP contribution in [0.4, 0.5) is 5.82 Å². The summed E-state index contributed by atoms with van der Waals surface area (Å²) in [5.74, 6) is 2.21. The first-order valence-electron chi connectivity index (χ1n) is 9.82. The Morgan fingerprint density at radius 2 is 1.87 bits per heavy atom. The van der Waals surface area contributed by atoms with Gasteiger partial charge in [0.05, 0.1) is 18.1 Å². The first kappa shape index (κ1) is 19.6. The van der Waals surface area contributed by atoms with Crippen LogP contribution in [0, 0.1) is 13.8 Å². The Morgan fingerprint density at radius 3 is 2.57 bits per heavy atom. The Kier molecular flexibility index (Phi) is 5.70. The van der Waals surface area contributed by atoms with Crippen LogP contribution in [0.5, 0.6) is 5.75 Å². The maximum absolute atomic E-state index is 5.83. The molecule has 0 fully saturated rings. The van der Waals surface area contributed by atoms with E-state index in [-0.39, 0.29) is 6.04 Å². The van der Waals surface area contributed by atoms with Gasteiger partial charge in [0.1, 0.15) is 18.2 Å². The zero-order valence-corrected chi connectivity index (χ0v) is 17.3. The average Bonchev–Trinajstić information content (AvgIpc) is 3.11. The molecule has 3 aromatic heterocycles. The minimum absolute atomic E-state index is 0.0578. The molecule has 4 rings (SSSR count). The van der Waals surface area contributed by atoms with Gasteiger partial charge >= 0.3 is 0 Å². The highest BCUT2D eigenvalue weighted by Gasteiger charge is 2.10. The van der Waals surface area contributed by atoms with Crippen LogP contribution in [-0.2, 0) is 6.61 Å². The predicted molar refractivity (Wildman–Crippen MR) is 116 cm³/mol. The van der Waals surface area contributed by atoms with Crippen molar-refractivity contribution < 1.29 is 4.74 Å². The maximum Gasteiger partial charge on any atom is 0.174 e. The summed E-state index contributed by atoms with van der Waals surface area (Å²) in [7, 11) is 0. The normalized spacial score (nSPS) is 11.8. The number of benzene rings is 1. The molecule has 152 valence electrons. The molecule has 0 saturated carbocycles. The third-order valence-electron chi connectivity index (χ3n) is 4.72. The largest absolute Gasteiger partial charge is 0.489 e. The molecule has 0 bridgehead atoms. The third-order valence-corrected chi connectivity index (χ3v) is 4.72. The lowest BCUT2D eigenvalue weighted by atomic mass is 10.1. The van der Waals surface area contributed by atoms with Gasteiger partial charge in [-0.25, -0.2) is 9.67 Å². The number of aromatic nitrogens is 5. The summed E-state index contributed by atoms with van der Waals surface area (Å²) in [5, 5.41) is 7.88. The van der Waals surface area contributed by atoms with Gasteiger partial charge in [-0.15, -0.1) is 0 Å². The van der Waals surface area contributed by atoms with Crippen molar-refractivity contribution in [3.8, 4) is 11.6 Å². The number of pyridine rings is 1. The standard InChI is InChI=1S/C23H24N6O/c1-16-11-17(2)29(28-16)23-14-25-13-22(27-23)26-18(3)20-6-8-21(9-7-20)30-15-19-5-4-10-24-12-19/h4-14,18H,15H2,1-3H3,(H,26,27). The molecule has 0 saturated heterocycles. The number of nitrogens with one attached hydrogen (secondary N) is 1. The van der Waals surface area contributed by atoms with Crippen LogP contribution >= 0.6 is 0 Å². The summed E-state index contributed by atoms with van der Waals surface area (Å²) in [5.41, 5.74) is 4.14. The Balaban J connectivity index is 1.41. The number of nitrogens with zero attached hydrogens (tertiary/aromatic N) is 5. The maximum atomic E-state index is 5.83. The molecule has 4 aromatic rings. The minimum atomic E-state index is 0.0578. The van der Waals surface area contributed by atoms with Gasteiger partial charge in [0.25, 0.3) is 0 Å². The fraction of sp³-hybridized carbons (Fsp3) is 0.217. The molecule has 0 amide bonds. The highest BCUT2D eigenvalue weighted by molar-refractivity contribution is 5.40. The van der Waals surface area contributed by atoms with Gasteiger partial charge < -0.3 is 10.1 Å². The van der Waals surface area contributed by atoms with Crippen molar-refractivity contribution in [3.63, 3.8) is 0 Å². The predicted octanol–water partition coefficient (Wildman–Crippen LogP) is 4.43. The number of anilines is 1. The molecule has 1 aromatic carbocycles. The SMILES string of the molecule is Cc1cc(C)n(-c2cncc(NC(C)c3ccc(OCc4cccnc4)cc3)n2)n1. The first-order valence-corrected chi connectivity index (χ1v) is 9.82. The van der Waals surface area contributed by atoms with E-state index in [0.29, 0.717) is 18.2 Å².